The van der Waals surface area contributed by atoms with Gasteiger partial charge in [0.05, 0.1) is 6.61 Å². The molecule has 0 unspecified atom stereocenters. The van der Waals surface area contributed by atoms with Crippen molar-refractivity contribution < 1.29 is 9.90 Å². The van der Waals surface area contributed by atoms with Crippen LogP contribution >= 0.6 is 0 Å². The lowest BCUT2D eigenvalue weighted by atomic mass is 9.91. The normalized spacial score (nSPS) is 15.6. The van der Waals surface area contributed by atoms with Crippen LogP contribution in [0.15, 0.2) is 18.3 Å². The summed E-state index contributed by atoms with van der Waals surface area (Å²) < 4.78 is 1.95. The summed E-state index contributed by atoms with van der Waals surface area (Å²) in [6.45, 7) is 3.30. The number of aromatic nitrogens is 1. The SMILES string of the molecule is CCn1cccc1C(=O)N(CCO)C1CCC1. The topological polar surface area (TPSA) is 45.5 Å². The lowest BCUT2D eigenvalue weighted by molar-refractivity contribution is 0.0515. The second-order valence-electron chi connectivity index (χ2n) is 4.49. The van der Waals surface area contributed by atoms with Gasteiger partial charge in [-0.1, -0.05) is 0 Å². The molecule has 1 aromatic rings. The molecule has 0 saturated heterocycles. The number of nitrogens with zero attached hydrogens (tertiary/aromatic N) is 2. The monoisotopic (exact) mass is 236 g/mol. The minimum Gasteiger partial charge on any atom is -0.395 e. The zero-order valence-electron chi connectivity index (χ0n) is 10.3. The Hall–Kier alpha value is -1.29. The Morgan fingerprint density at radius 2 is 2.35 bits per heavy atom. The Kier molecular flexibility index (Phi) is 3.84. The molecule has 0 atom stereocenters. The molecular weight excluding hydrogens is 216 g/mol. The number of aryl methyl sites for hydroxylation is 1. The Bertz CT molecular complexity index is 383. The fraction of sp³-hybridized carbons (Fsp3) is 0.615. The highest BCUT2D eigenvalue weighted by Crippen LogP contribution is 2.26. The molecule has 17 heavy (non-hydrogen) atoms. The quantitative estimate of drug-likeness (QED) is 0.842. The second kappa shape index (κ2) is 5.36. The predicted octanol–water partition coefficient (Wildman–Crippen LogP) is 1.50. The molecular formula is C13H20N2O2. The van der Waals surface area contributed by atoms with Crippen molar-refractivity contribution >= 4 is 5.91 Å². The molecule has 0 aliphatic heterocycles. The third-order valence-electron chi connectivity index (χ3n) is 3.51. The molecule has 0 bridgehead atoms. The molecule has 0 spiro atoms. The third-order valence-corrected chi connectivity index (χ3v) is 3.51. The van der Waals surface area contributed by atoms with E-state index in [2.05, 4.69) is 0 Å². The van der Waals surface area contributed by atoms with E-state index in [1.165, 1.54) is 6.42 Å². The summed E-state index contributed by atoms with van der Waals surface area (Å²) in [4.78, 5) is 14.2. The molecule has 94 valence electrons. The van der Waals surface area contributed by atoms with Crippen molar-refractivity contribution in [3.05, 3.63) is 24.0 Å². The molecule has 1 saturated carbocycles. The van der Waals surface area contributed by atoms with Gasteiger partial charge in [-0.05, 0) is 38.3 Å². The van der Waals surface area contributed by atoms with Gasteiger partial charge in [0.15, 0.2) is 0 Å². The van der Waals surface area contributed by atoms with E-state index in [4.69, 9.17) is 5.11 Å². The molecule has 1 N–H and O–H groups in total. The van der Waals surface area contributed by atoms with Crippen LogP contribution in [0.5, 0.6) is 0 Å². The van der Waals surface area contributed by atoms with E-state index in [0.717, 1.165) is 25.1 Å². The average Bonchev–Trinajstić information content (AvgIpc) is 2.73. The van der Waals surface area contributed by atoms with Gasteiger partial charge in [0.2, 0.25) is 0 Å². The van der Waals surface area contributed by atoms with E-state index in [0.29, 0.717) is 12.6 Å². The smallest absolute Gasteiger partial charge is 0.270 e. The van der Waals surface area contributed by atoms with E-state index in [1.807, 2.05) is 34.7 Å². The van der Waals surface area contributed by atoms with Gasteiger partial charge in [-0.25, -0.2) is 0 Å². The highest BCUT2D eigenvalue weighted by atomic mass is 16.3. The van der Waals surface area contributed by atoms with Crippen molar-refractivity contribution in [2.45, 2.75) is 38.8 Å². The van der Waals surface area contributed by atoms with Crippen molar-refractivity contribution in [2.24, 2.45) is 0 Å². The number of hydrogen-bond acceptors (Lipinski definition) is 2. The predicted molar refractivity (Wildman–Crippen MR) is 65.9 cm³/mol. The zero-order chi connectivity index (χ0) is 12.3. The van der Waals surface area contributed by atoms with Crippen molar-refractivity contribution in [1.29, 1.82) is 0 Å². The number of carbonyl (C=O) groups excluding carboxylic acids is 1. The highest BCUT2D eigenvalue weighted by Gasteiger charge is 2.29. The molecule has 1 aliphatic rings. The Morgan fingerprint density at radius 1 is 1.59 bits per heavy atom. The van der Waals surface area contributed by atoms with Crippen LogP contribution in [0, 0.1) is 0 Å². The maximum atomic E-state index is 12.4. The molecule has 4 nitrogen and oxygen atoms in total. The summed E-state index contributed by atoms with van der Waals surface area (Å²) in [6, 6.07) is 4.08. The first-order chi connectivity index (χ1) is 8.27. The van der Waals surface area contributed by atoms with Crippen molar-refractivity contribution in [3.63, 3.8) is 0 Å². The summed E-state index contributed by atoms with van der Waals surface area (Å²) in [5.41, 5.74) is 0.729. The summed E-state index contributed by atoms with van der Waals surface area (Å²) in [6.07, 6.45) is 5.25. The lowest BCUT2D eigenvalue weighted by Gasteiger charge is -2.37. The molecule has 1 heterocycles. The van der Waals surface area contributed by atoms with Crippen LogP contribution in [0.4, 0.5) is 0 Å². The summed E-state index contributed by atoms with van der Waals surface area (Å²) in [5, 5.41) is 9.08. The number of aliphatic hydroxyl groups is 1. The highest BCUT2D eigenvalue weighted by molar-refractivity contribution is 5.93. The maximum absolute atomic E-state index is 12.4. The lowest BCUT2D eigenvalue weighted by Crippen LogP contribution is -2.46. The van der Waals surface area contributed by atoms with Crippen LogP contribution < -0.4 is 0 Å². The molecule has 1 fully saturated rings. The Morgan fingerprint density at radius 3 is 2.88 bits per heavy atom. The van der Waals surface area contributed by atoms with Crippen LogP contribution in [0.1, 0.15) is 36.7 Å². The zero-order valence-corrected chi connectivity index (χ0v) is 10.3. The number of carbonyl (C=O) groups is 1. The molecule has 1 aromatic heterocycles. The van der Waals surface area contributed by atoms with Crippen LogP contribution in [0.2, 0.25) is 0 Å². The van der Waals surface area contributed by atoms with Crippen molar-refractivity contribution in [1.82, 2.24) is 9.47 Å². The molecule has 0 radical (unpaired) electrons. The molecule has 1 amide bonds. The van der Waals surface area contributed by atoms with Gasteiger partial charge in [0.1, 0.15) is 5.69 Å². The van der Waals surface area contributed by atoms with Gasteiger partial charge in [-0.3, -0.25) is 4.79 Å². The molecule has 1 aliphatic carbocycles. The van der Waals surface area contributed by atoms with Gasteiger partial charge in [0.25, 0.3) is 5.91 Å². The maximum Gasteiger partial charge on any atom is 0.270 e. The van der Waals surface area contributed by atoms with E-state index >= 15 is 0 Å². The first-order valence-corrected chi connectivity index (χ1v) is 6.35. The van der Waals surface area contributed by atoms with Gasteiger partial charge in [-0.15, -0.1) is 0 Å². The summed E-state index contributed by atoms with van der Waals surface area (Å²) in [7, 11) is 0. The van der Waals surface area contributed by atoms with Crippen molar-refractivity contribution in [2.75, 3.05) is 13.2 Å². The largest absolute Gasteiger partial charge is 0.395 e. The summed E-state index contributed by atoms with van der Waals surface area (Å²) in [5.74, 6) is 0.0515. The Labute approximate surface area is 102 Å². The number of rotatable bonds is 5. The Balaban J connectivity index is 2.15. The standard InChI is InChI=1S/C13H20N2O2/c1-2-14-8-4-7-12(14)13(17)15(9-10-16)11-5-3-6-11/h4,7-8,11,16H,2-3,5-6,9-10H2,1H3. The number of hydrogen-bond donors (Lipinski definition) is 1. The minimum atomic E-state index is 0.0368. The fourth-order valence-electron chi connectivity index (χ4n) is 2.29. The van der Waals surface area contributed by atoms with Gasteiger partial charge in [0, 0.05) is 25.3 Å². The van der Waals surface area contributed by atoms with Crippen LogP contribution in [-0.2, 0) is 6.54 Å². The molecule has 0 aromatic carbocycles. The number of amides is 1. The van der Waals surface area contributed by atoms with Gasteiger partial charge >= 0.3 is 0 Å². The van der Waals surface area contributed by atoms with E-state index in [1.54, 1.807) is 0 Å². The van der Waals surface area contributed by atoms with Crippen molar-refractivity contribution in [3.8, 4) is 0 Å². The second-order valence-corrected chi connectivity index (χ2v) is 4.49. The third kappa shape index (κ3) is 2.36. The van der Waals surface area contributed by atoms with Gasteiger partial charge in [-0.2, -0.15) is 0 Å². The first-order valence-electron chi connectivity index (χ1n) is 6.35. The van der Waals surface area contributed by atoms with Crippen LogP contribution in [0.3, 0.4) is 0 Å². The van der Waals surface area contributed by atoms with E-state index in [-0.39, 0.29) is 12.5 Å². The number of aliphatic hydroxyl groups excluding tert-OH is 1. The van der Waals surface area contributed by atoms with Crippen LogP contribution in [0.25, 0.3) is 0 Å². The minimum absolute atomic E-state index is 0.0368. The average molecular weight is 236 g/mol. The van der Waals surface area contributed by atoms with E-state index < -0.39 is 0 Å². The molecule has 2 rings (SSSR count). The fourth-order valence-corrected chi connectivity index (χ4v) is 2.29. The van der Waals surface area contributed by atoms with E-state index in [9.17, 15) is 4.79 Å². The van der Waals surface area contributed by atoms with Crippen LogP contribution in [-0.4, -0.2) is 39.7 Å². The summed E-state index contributed by atoms with van der Waals surface area (Å²) >= 11 is 0. The van der Waals surface area contributed by atoms with Gasteiger partial charge < -0.3 is 14.6 Å². The molecule has 4 heteroatoms. The first kappa shape index (κ1) is 12.2.